The zero-order valence-electron chi connectivity index (χ0n) is 13.7. The van der Waals surface area contributed by atoms with Gasteiger partial charge in [-0.15, -0.1) is 0 Å². The molecule has 0 saturated carbocycles. The molecule has 1 aliphatic heterocycles. The van der Waals surface area contributed by atoms with Crippen LogP contribution in [0, 0.1) is 0 Å². The summed E-state index contributed by atoms with van der Waals surface area (Å²) in [5, 5.41) is 0.763. The third-order valence-electron chi connectivity index (χ3n) is 4.41. The minimum atomic E-state index is -0.357. The molecule has 24 heavy (non-hydrogen) atoms. The van der Waals surface area contributed by atoms with E-state index in [0.717, 1.165) is 42.5 Å². The Hall–Kier alpha value is -2.04. The van der Waals surface area contributed by atoms with E-state index < -0.39 is 0 Å². The van der Waals surface area contributed by atoms with Crippen molar-refractivity contribution in [3.8, 4) is 0 Å². The van der Waals surface area contributed by atoms with Crippen molar-refractivity contribution in [3.63, 3.8) is 0 Å². The number of esters is 1. The van der Waals surface area contributed by atoms with E-state index in [1.54, 1.807) is 0 Å². The summed E-state index contributed by atoms with van der Waals surface area (Å²) in [7, 11) is 1.44. The summed E-state index contributed by atoms with van der Waals surface area (Å²) in [5.74, 6) is -0.215. The number of nitrogens with zero attached hydrogens (tertiary/aromatic N) is 2. The van der Waals surface area contributed by atoms with Gasteiger partial charge in [-0.05, 0) is 17.7 Å². The third kappa shape index (κ3) is 3.55. The van der Waals surface area contributed by atoms with Crippen molar-refractivity contribution in [3.05, 3.63) is 65.2 Å². The third-order valence-corrected chi connectivity index (χ3v) is 4.73. The van der Waals surface area contributed by atoms with Gasteiger partial charge < -0.3 is 9.64 Å². The van der Waals surface area contributed by atoms with Crippen LogP contribution in [0.25, 0.3) is 0 Å². The van der Waals surface area contributed by atoms with E-state index >= 15 is 0 Å². The number of piperazine rings is 1. The summed E-state index contributed by atoms with van der Waals surface area (Å²) in [6.45, 7) is 3.20. The summed E-state index contributed by atoms with van der Waals surface area (Å²) in [6, 6.07) is 17.3. The molecule has 0 aliphatic carbocycles. The summed E-state index contributed by atoms with van der Waals surface area (Å²) < 4.78 is 5.04. The Balaban J connectivity index is 1.74. The van der Waals surface area contributed by atoms with Crippen molar-refractivity contribution in [2.75, 3.05) is 38.2 Å². The minimum absolute atomic E-state index is 0.215. The van der Waals surface area contributed by atoms with Crippen LogP contribution < -0.4 is 4.90 Å². The molecule has 126 valence electrons. The van der Waals surface area contributed by atoms with Crippen molar-refractivity contribution >= 4 is 23.3 Å². The molecule has 0 N–H and O–H groups in total. The Kier molecular flexibility index (Phi) is 5.38. The van der Waals surface area contributed by atoms with Crippen LogP contribution in [-0.2, 0) is 9.53 Å². The molecular weight excluding hydrogens is 324 g/mol. The molecule has 0 amide bonds. The molecule has 1 aliphatic rings. The van der Waals surface area contributed by atoms with E-state index in [1.807, 2.05) is 54.6 Å². The second-order valence-corrected chi connectivity index (χ2v) is 6.22. The largest absolute Gasteiger partial charge is 0.468 e. The highest BCUT2D eigenvalue weighted by atomic mass is 35.5. The van der Waals surface area contributed by atoms with Gasteiger partial charge in [0.2, 0.25) is 0 Å². The number of carbonyl (C=O) groups is 1. The van der Waals surface area contributed by atoms with Gasteiger partial charge >= 0.3 is 5.97 Å². The summed E-state index contributed by atoms with van der Waals surface area (Å²) in [4.78, 5) is 16.8. The number of methoxy groups -OCH3 is 1. The van der Waals surface area contributed by atoms with Gasteiger partial charge in [0.05, 0.1) is 17.8 Å². The maximum absolute atomic E-state index is 12.3. The first-order valence-corrected chi connectivity index (χ1v) is 8.45. The van der Waals surface area contributed by atoms with Gasteiger partial charge in [0.25, 0.3) is 0 Å². The lowest BCUT2D eigenvalue weighted by Crippen LogP contribution is -2.49. The van der Waals surface area contributed by atoms with Gasteiger partial charge in [-0.3, -0.25) is 4.90 Å². The zero-order chi connectivity index (χ0) is 16.9. The van der Waals surface area contributed by atoms with Gasteiger partial charge in [-0.1, -0.05) is 54.1 Å². The molecule has 1 atom stereocenters. The number of benzene rings is 2. The van der Waals surface area contributed by atoms with Crippen LogP contribution in [0.15, 0.2) is 54.6 Å². The smallest absolute Gasteiger partial charge is 0.327 e. The number of hydrogen-bond acceptors (Lipinski definition) is 4. The van der Waals surface area contributed by atoms with Crippen molar-refractivity contribution in [1.29, 1.82) is 0 Å². The quantitative estimate of drug-likeness (QED) is 0.796. The van der Waals surface area contributed by atoms with Crippen molar-refractivity contribution in [2.45, 2.75) is 6.04 Å². The van der Waals surface area contributed by atoms with Gasteiger partial charge in [0, 0.05) is 26.2 Å². The van der Waals surface area contributed by atoms with Gasteiger partial charge in [-0.25, -0.2) is 4.79 Å². The summed E-state index contributed by atoms with van der Waals surface area (Å²) >= 11 is 6.30. The fourth-order valence-corrected chi connectivity index (χ4v) is 3.43. The molecule has 0 aromatic heterocycles. The molecule has 4 nitrogen and oxygen atoms in total. The lowest BCUT2D eigenvalue weighted by atomic mass is 10.0. The molecule has 5 heteroatoms. The Morgan fingerprint density at radius 1 is 1.00 bits per heavy atom. The Labute approximate surface area is 147 Å². The monoisotopic (exact) mass is 344 g/mol. The molecular formula is C19H21ClN2O2. The maximum Gasteiger partial charge on any atom is 0.327 e. The molecule has 3 rings (SSSR count). The Morgan fingerprint density at radius 3 is 2.25 bits per heavy atom. The molecule has 0 bridgehead atoms. The van der Waals surface area contributed by atoms with E-state index in [-0.39, 0.29) is 12.0 Å². The number of rotatable bonds is 4. The van der Waals surface area contributed by atoms with Crippen LogP contribution in [0.5, 0.6) is 0 Å². The number of hydrogen-bond donors (Lipinski definition) is 0. The van der Waals surface area contributed by atoms with Gasteiger partial charge in [0.15, 0.2) is 0 Å². The molecule has 1 saturated heterocycles. The Bertz CT molecular complexity index is 685. The average molecular weight is 345 g/mol. The molecule has 1 fully saturated rings. The van der Waals surface area contributed by atoms with E-state index in [4.69, 9.17) is 16.3 Å². The Morgan fingerprint density at radius 2 is 1.62 bits per heavy atom. The fourth-order valence-electron chi connectivity index (χ4n) is 3.17. The van der Waals surface area contributed by atoms with Gasteiger partial charge in [0.1, 0.15) is 6.04 Å². The minimum Gasteiger partial charge on any atom is -0.468 e. The molecule has 1 heterocycles. The number of anilines is 1. The van der Waals surface area contributed by atoms with E-state index in [9.17, 15) is 4.79 Å². The van der Waals surface area contributed by atoms with Crippen molar-refractivity contribution in [1.82, 2.24) is 4.90 Å². The SMILES string of the molecule is COC(=O)[C@@H](c1ccccc1)N1CCN(c2ccccc2Cl)CC1. The second-order valence-electron chi connectivity index (χ2n) is 5.81. The molecule has 2 aromatic rings. The first kappa shape index (κ1) is 16.8. The van der Waals surface area contributed by atoms with Crippen molar-refractivity contribution in [2.24, 2.45) is 0 Å². The molecule has 0 unspecified atom stereocenters. The predicted octanol–water partition coefficient (Wildman–Crippen LogP) is 3.38. The number of carbonyl (C=O) groups excluding carboxylic acids is 1. The van der Waals surface area contributed by atoms with E-state index in [2.05, 4.69) is 9.80 Å². The predicted molar refractivity (Wildman–Crippen MR) is 96.4 cm³/mol. The normalized spacial score (nSPS) is 16.7. The maximum atomic E-state index is 12.3. The number of ether oxygens (including phenoxy) is 1. The molecule has 0 spiro atoms. The summed E-state index contributed by atoms with van der Waals surface area (Å²) in [6.07, 6.45) is 0. The lowest BCUT2D eigenvalue weighted by molar-refractivity contribution is -0.147. The van der Waals surface area contributed by atoms with Crippen LogP contribution in [0.1, 0.15) is 11.6 Å². The second kappa shape index (κ2) is 7.69. The zero-order valence-corrected chi connectivity index (χ0v) is 14.4. The first-order valence-electron chi connectivity index (χ1n) is 8.07. The standard InChI is InChI=1S/C19H21ClN2O2/c1-24-19(23)18(15-7-3-2-4-8-15)22-13-11-21(12-14-22)17-10-6-5-9-16(17)20/h2-10,18H,11-14H2,1H3/t18-/m1/s1. The van der Waals surface area contributed by atoms with E-state index in [1.165, 1.54) is 7.11 Å². The van der Waals surface area contributed by atoms with Crippen LogP contribution in [0.3, 0.4) is 0 Å². The van der Waals surface area contributed by atoms with Crippen LogP contribution in [0.4, 0.5) is 5.69 Å². The van der Waals surface area contributed by atoms with Crippen LogP contribution >= 0.6 is 11.6 Å². The fraction of sp³-hybridized carbons (Fsp3) is 0.316. The molecule has 2 aromatic carbocycles. The van der Waals surface area contributed by atoms with Crippen LogP contribution in [0.2, 0.25) is 5.02 Å². The topological polar surface area (TPSA) is 32.8 Å². The number of para-hydroxylation sites is 1. The highest BCUT2D eigenvalue weighted by Crippen LogP contribution is 2.29. The highest BCUT2D eigenvalue weighted by molar-refractivity contribution is 6.33. The highest BCUT2D eigenvalue weighted by Gasteiger charge is 2.31. The lowest BCUT2D eigenvalue weighted by Gasteiger charge is -2.39. The molecule has 0 radical (unpaired) electrons. The number of halogens is 1. The average Bonchev–Trinajstić information content (AvgIpc) is 2.64. The van der Waals surface area contributed by atoms with Gasteiger partial charge in [-0.2, -0.15) is 0 Å². The van der Waals surface area contributed by atoms with E-state index in [0.29, 0.717) is 0 Å². The van der Waals surface area contributed by atoms with Crippen LogP contribution in [-0.4, -0.2) is 44.2 Å². The summed E-state index contributed by atoms with van der Waals surface area (Å²) in [5.41, 5.74) is 2.02. The first-order chi connectivity index (χ1) is 11.7. The van der Waals surface area contributed by atoms with Crippen molar-refractivity contribution < 1.29 is 9.53 Å².